The molecule has 1 N–H and O–H groups in total. The monoisotopic (exact) mass is 311 g/mol. The normalized spacial score (nSPS) is 10.7. The van der Waals surface area contributed by atoms with Gasteiger partial charge in [0.15, 0.2) is 5.65 Å². The first kappa shape index (κ1) is 15.0. The van der Waals surface area contributed by atoms with Crippen LogP contribution >= 0.6 is 0 Å². The summed E-state index contributed by atoms with van der Waals surface area (Å²) >= 11 is 0. The van der Waals surface area contributed by atoms with E-state index in [4.69, 9.17) is 9.47 Å². The standard InChI is InChI=1S/C17H17N3O3/c1-10-18-14-6-5-13(20-17(14)19-10)11-4-7-15(22-2)12(8-11)9-16(21)23-3/h4-8H,9H2,1-3H3,(H,18,19,20). The van der Waals surface area contributed by atoms with Crippen LogP contribution in [0, 0.1) is 6.92 Å². The number of methoxy groups -OCH3 is 2. The van der Waals surface area contributed by atoms with Crippen LogP contribution in [-0.2, 0) is 16.0 Å². The number of pyridine rings is 1. The molecule has 1 aromatic carbocycles. The summed E-state index contributed by atoms with van der Waals surface area (Å²) in [6.45, 7) is 1.89. The lowest BCUT2D eigenvalue weighted by Gasteiger charge is -2.10. The average molecular weight is 311 g/mol. The number of aromatic amines is 1. The Labute approximate surface area is 133 Å². The Morgan fingerprint density at radius 2 is 2.00 bits per heavy atom. The van der Waals surface area contributed by atoms with Gasteiger partial charge >= 0.3 is 5.97 Å². The van der Waals surface area contributed by atoms with Crippen LogP contribution in [0.1, 0.15) is 11.4 Å². The SMILES string of the molecule is COC(=O)Cc1cc(-c2ccc3[nH]c(C)nc3n2)ccc1OC. The summed E-state index contributed by atoms with van der Waals surface area (Å²) in [7, 11) is 2.95. The van der Waals surface area contributed by atoms with E-state index in [2.05, 4.69) is 15.0 Å². The van der Waals surface area contributed by atoms with Crippen molar-refractivity contribution in [1.82, 2.24) is 15.0 Å². The van der Waals surface area contributed by atoms with E-state index in [1.165, 1.54) is 7.11 Å². The van der Waals surface area contributed by atoms with E-state index in [1.54, 1.807) is 7.11 Å². The van der Waals surface area contributed by atoms with Crippen LogP contribution in [0.2, 0.25) is 0 Å². The number of nitrogens with zero attached hydrogens (tertiary/aromatic N) is 2. The van der Waals surface area contributed by atoms with Crippen molar-refractivity contribution in [2.24, 2.45) is 0 Å². The molecule has 23 heavy (non-hydrogen) atoms. The summed E-state index contributed by atoms with van der Waals surface area (Å²) in [6.07, 6.45) is 0.150. The third-order valence-electron chi connectivity index (χ3n) is 3.60. The predicted molar refractivity (Wildman–Crippen MR) is 86.3 cm³/mol. The van der Waals surface area contributed by atoms with Crippen molar-refractivity contribution in [3.63, 3.8) is 0 Å². The molecule has 3 aromatic rings. The average Bonchev–Trinajstić information content (AvgIpc) is 2.93. The molecule has 0 bridgehead atoms. The number of H-pyrrole nitrogens is 1. The van der Waals surface area contributed by atoms with Crippen molar-refractivity contribution >= 4 is 17.1 Å². The first-order valence-corrected chi connectivity index (χ1v) is 7.18. The summed E-state index contributed by atoms with van der Waals surface area (Å²) in [5.74, 6) is 1.16. The Morgan fingerprint density at radius 3 is 2.74 bits per heavy atom. The van der Waals surface area contributed by atoms with Gasteiger partial charge in [0.05, 0.1) is 31.9 Å². The Balaban J connectivity index is 2.03. The minimum Gasteiger partial charge on any atom is -0.496 e. The van der Waals surface area contributed by atoms with E-state index in [9.17, 15) is 4.79 Å². The molecule has 0 radical (unpaired) electrons. The number of benzene rings is 1. The molecule has 2 aromatic heterocycles. The van der Waals surface area contributed by atoms with Crippen molar-refractivity contribution in [2.45, 2.75) is 13.3 Å². The molecule has 118 valence electrons. The molecule has 6 heteroatoms. The number of hydrogen-bond donors (Lipinski definition) is 1. The molecule has 0 saturated heterocycles. The van der Waals surface area contributed by atoms with Gasteiger partial charge < -0.3 is 14.5 Å². The first-order valence-electron chi connectivity index (χ1n) is 7.18. The third kappa shape index (κ3) is 3.01. The lowest BCUT2D eigenvalue weighted by Crippen LogP contribution is -2.06. The molecule has 0 saturated carbocycles. The fraction of sp³-hybridized carbons (Fsp3) is 0.235. The number of imidazole rings is 1. The maximum Gasteiger partial charge on any atom is 0.310 e. The molecular weight excluding hydrogens is 294 g/mol. The maximum atomic E-state index is 11.6. The number of carbonyl (C=O) groups excluding carboxylic acids is 1. The maximum absolute atomic E-state index is 11.6. The Morgan fingerprint density at radius 1 is 1.17 bits per heavy atom. The molecular formula is C17H17N3O3. The summed E-state index contributed by atoms with van der Waals surface area (Å²) in [5, 5.41) is 0. The zero-order chi connectivity index (χ0) is 16.4. The quantitative estimate of drug-likeness (QED) is 0.750. The van der Waals surface area contributed by atoms with Crippen molar-refractivity contribution in [2.75, 3.05) is 14.2 Å². The van der Waals surface area contributed by atoms with Gasteiger partial charge in [-0.3, -0.25) is 4.79 Å². The van der Waals surface area contributed by atoms with Crippen LogP contribution < -0.4 is 4.74 Å². The van der Waals surface area contributed by atoms with Crippen molar-refractivity contribution in [1.29, 1.82) is 0 Å². The second-order valence-corrected chi connectivity index (χ2v) is 5.17. The van der Waals surface area contributed by atoms with Crippen LogP contribution in [0.5, 0.6) is 5.75 Å². The highest BCUT2D eigenvalue weighted by Crippen LogP contribution is 2.27. The number of carbonyl (C=O) groups is 1. The number of nitrogens with one attached hydrogen (secondary N) is 1. The molecule has 2 heterocycles. The van der Waals surface area contributed by atoms with Crippen molar-refractivity contribution < 1.29 is 14.3 Å². The molecule has 6 nitrogen and oxygen atoms in total. The van der Waals surface area contributed by atoms with Gasteiger partial charge in [-0.05, 0) is 37.3 Å². The number of rotatable bonds is 4. The molecule has 0 aliphatic rings. The highest BCUT2D eigenvalue weighted by molar-refractivity contribution is 5.77. The second kappa shape index (κ2) is 6.08. The number of esters is 1. The molecule has 3 rings (SSSR count). The highest BCUT2D eigenvalue weighted by Gasteiger charge is 2.12. The highest BCUT2D eigenvalue weighted by atomic mass is 16.5. The van der Waals surface area contributed by atoms with Gasteiger partial charge in [-0.1, -0.05) is 0 Å². The van der Waals surface area contributed by atoms with Crippen LogP contribution in [0.25, 0.3) is 22.4 Å². The van der Waals surface area contributed by atoms with Gasteiger partial charge in [-0.25, -0.2) is 9.97 Å². The van der Waals surface area contributed by atoms with Crippen LogP contribution in [0.15, 0.2) is 30.3 Å². The Kier molecular flexibility index (Phi) is 3.97. The van der Waals surface area contributed by atoms with E-state index < -0.39 is 0 Å². The van der Waals surface area contributed by atoms with E-state index in [-0.39, 0.29) is 12.4 Å². The van der Waals surface area contributed by atoms with E-state index in [0.717, 1.165) is 28.2 Å². The molecule has 0 unspecified atom stereocenters. The number of aryl methyl sites for hydroxylation is 1. The zero-order valence-electron chi connectivity index (χ0n) is 13.2. The molecule has 0 amide bonds. The Hall–Kier alpha value is -2.89. The molecule has 0 aliphatic heterocycles. The number of fused-ring (bicyclic) bond motifs is 1. The second-order valence-electron chi connectivity index (χ2n) is 5.17. The fourth-order valence-electron chi connectivity index (χ4n) is 2.48. The Bertz CT molecular complexity index is 871. The number of aromatic nitrogens is 3. The fourth-order valence-corrected chi connectivity index (χ4v) is 2.48. The lowest BCUT2D eigenvalue weighted by atomic mass is 10.0. The van der Waals surface area contributed by atoms with Gasteiger partial charge in [-0.15, -0.1) is 0 Å². The lowest BCUT2D eigenvalue weighted by molar-refractivity contribution is -0.139. The van der Waals surface area contributed by atoms with E-state index >= 15 is 0 Å². The smallest absolute Gasteiger partial charge is 0.310 e. The topological polar surface area (TPSA) is 77.1 Å². The van der Waals surface area contributed by atoms with Gasteiger partial charge in [0.1, 0.15) is 11.6 Å². The van der Waals surface area contributed by atoms with Gasteiger partial charge in [-0.2, -0.15) is 0 Å². The van der Waals surface area contributed by atoms with Crippen LogP contribution in [0.3, 0.4) is 0 Å². The zero-order valence-corrected chi connectivity index (χ0v) is 13.2. The minimum absolute atomic E-state index is 0.150. The minimum atomic E-state index is -0.313. The first-order chi connectivity index (χ1) is 11.1. The largest absolute Gasteiger partial charge is 0.496 e. The third-order valence-corrected chi connectivity index (χ3v) is 3.60. The predicted octanol–water partition coefficient (Wildman–Crippen LogP) is 2.66. The summed E-state index contributed by atoms with van der Waals surface area (Å²) in [4.78, 5) is 23.6. The summed E-state index contributed by atoms with van der Waals surface area (Å²) in [6, 6.07) is 9.50. The number of ether oxygens (including phenoxy) is 2. The molecule has 0 atom stereocenters. The van der Waals surface area contributed by atoms with Crippen LogP contribution in [0.4, 0.5) is 0 Å². The van der Waals surface area contributed by atoms with E-state index in [0.29, 0.717) is 11.4 Å². The molecule has 0 spiro atoms. The van der Waals surface area contributed by atoms with Gasteiger partial charge in [0.25, 0.3) is 0 Å². The van der Waals surface area contributed by atoms with Gasteiger partial charge in [0, 0.05) is 11.1 Å². The van der Waals surface area contributed by atoms with Gasteiger partial charge in [0.2, 0.25) is 0 Å². The summed E-state index contributed by atoms with van der Waals surface area (Å²) < 4.78 is 10.0. The summed E-state index contributed by atoms with van der Waals surface area (Å²) in [5.41, 5.74) is 4.02. The van der Waals surface area contributed by atoms with E-state index in [1.807, 2.05) is 37.3 Å². The van der Waals surface area contributed by atoms with Crippen molar-refractivity contribution in [3.05, 3.63) is 41.7 Å². The molecule has 0 fully saturated rings. The molecule has 0 aliphatic carbocycles. The van der Waals surface area contributed by atoms with Crippen molar-refractivity contribution in [3.8, 4) is 17.0 Å². The number of hydrogen-bond acceptors (Lipinski definition) is 5. The van der Waals surface area contributed by atoms with Crippen LogP contribution in [-0.4, -0.2) is 35.1 Å².